The maximum atomic E-state index is 13.4. The van der Waals surface area contributed by atoms with Crippen molar-refractivity contribution in [3.05, 3.63) is 99.5 Å². The first-order valence-electron chi connectivity index (χ1n) is 9.39. The molecule has 3 aromatic carbocycles. The number of carbonyl (C=O) groups excluding carboxylic acids is 1. The molecule has 3 aliphatic carbocycles. The average Bonchev–Trinajstić information content (AvgIpc) is 2.68. The van der Waals surface area contributed by atoms with Crippen molar-refractivity contribution in [3.8, 4) is 0 Å². The van der Waals surface area contributed by atoms with Crippen LogP contribution in [0.1, 0.15) is 41.0 Å². The normalized spacial score (nSPS) is 24.8. The van der Waals surface area contributed by atoms with Crippen LogP contribution < -0.4 is 5.32 Å². The van der Waals surface area contributed by atoms with E-state index >= 15 is 0 Å². The lowest BCUT2D eigenvalue weighted by Gasteiger charge is -2.49. The molecular weight excluding hydrogens is 398 g/mol. The fourth-order valence-corrected chi connectivity index (χ4v) is 5.54. The molecule has 3 aromatic rings. The van der Waals surface area contributed by atoms with E-state index < -0.39 is 0 Å². The third kappa shape index (κ3) is 2.56. The van der Waals surface area contributed by atoms with Crippen molar-refractivity contribution in [1.82, 2.24) is 0 Å². The number of hydrogen-bond acceptors (Lipinski definition) is 1. The van der Waals surface area contributed by atoms with E-state index in [9.17, 15) is 4.79 Å². The first-order valence-corrected chi connectivity index (χ1v) is 10.2. The fraction of sp³-hybridized carbons (Fsp3) is 0.208. The molecule has 0 aromatic heterocycles. The Morgan fingerprint density at radius 2 is 1.37 bits per heavy atom. The van der Waals surface area contributed by atoms with Gasteiger partial charge in [0.15, 0.2) is 0 Å². The molecule has 0 heterocycles. The van der Waals surface area contributed by atoms with E-state index in [1.807, 2.05) is 24.3 Å². The summed E-state index contributed by atoms with van der Waals surface area (Å²) in [6.45, 7) is 2.23. The summed E-state index contributed by atoms with van der Waals surface area (Å²) < 4.78 is 0.967. The van der Waals surface area contributed by atoms with Crippen molar-refractivity contribution >= 4 is 27.5 Å². The average molecular weight is 418 g/mol. The fourth-order valence-electron chi connectivity index (χ4n) is 5.14. The molecule has 2 bridgehead atoms. The van der Waals surface area contributed by atoms with Gasteiger partial charge >= 0.3 is 0 Å². The summed E-state index contributed by atoms with van der Waals surface area (Å²) in [4.78, 5) is 13.4. The number of amides is 1. The Balaban J connectivity index is 1.60. The molecule has 0 saturated heterocycles. The molecule has 0 aliphatic heterocycles. The Labute approximate surface area is 167 Å². The molecule has 3 aliphatic rings. The summed E-state index contributed by atoms with van der Waals surface area (Å²) in [5.41, 5.74) is 6.24. The molecule has 134 valence electrons. The highest BCUT2D eigenvalue weighted by atomic mass is 79.9. The highest BCUT2D eigenvalue weighted by Crippen LogP contribution is 2.58. The van der Waals surface area contributed by atoms with E-state index in [0.29, 0.717) is 0 Å². The number of benzene rings is 3. The number of nitrogens with one attached hydrogen (secondary N) is 1. The van der Waals surface area contributed by atoms with Crippen LogP contribution in [-0.4, -0.2) is 5.91 Å². The summed E-state index contributed by atoms with van der Waals surface area (Å²) in [5, 5.41) is 3.16. The smallest absolute Gasteiger partial charge is 0.228 e. The number of halogens is 1. The maximum Gasteiger partial charge on any atom is 0.228 e. The first-order chi connectivity index (χ1) is 13.1. The lowest BCUT2D eigenvalue weighted by atomic mass is 9.54. The monoisotopic (exact) mass is 417 g/mol. The van der Waals surface area contributed by atoms with Gasteiger partial charge in [-0.15, -0.1) is 0 Å². The van der Waals surface area contributed by atoms with Gasteiger partial charge in [-0.3, -0.25) is 4.79 Å². The predicted octanol–water partition coefficient (Wildman–Crippen LogP) is 5.93. The van der Waals surface area contributed by atoms with Gasteiger partial charge < -0.3 is 5.32 Å². The number of hydrogen-bond donors (Lipinski definition) is 1. The van der Waals surface area contributed by atoms with Gasteiger partial charge in [0.25, 0.3) is 0 Å². The Morgan fingerprint density at radius 1 is 0.815 bits per heavy atom. The van der Waals surface area contributed by atoms with Crippen molar-refractivity contribution < 1.29 is 4.79 Å². The van der Waals surface area contributed by atoms with Crippen LogP contribution in [0.25, 0.3) is 0 Å². The molecule has 27 heavy (non-hydrogen) atoms. The van der Waals surface area contributed by atoms with Gasteiger partial charge in [-0.1, -0.05) is 77.5 Å². The highest BCUT2D eigenvalue weighted by Gasteiger charge is 2.50. The Bertz CT molecular complexity index is 996. The van der Waals surface area contributed by atoms with Crippen LogP contribution in [0.15, 0.2) is 77.3 Å². The quantitative estimate of drug-likeness (QED) is 0.549. The van der Waals surface area contributed by atoms with Crippen LogP contribution in [0.5, 0.6) is 0 Å². The van der Waals surface area contributed by atoms with Crippen molar-refractivity contribution in [2.75, 3.05) is 5.32 Å². The minimum absolute atomic E-state index is 0.0706. The molecule has 0 spiro atoms. The molecule has 2 nitrogen and oxygen atoms in total. The van der Waals surface area contributed by atoms with E-state index in [1.54, 1.807) is 0 Å². The van der Waals surface area contributed by atoms with Crippen LogP contribution in [0, 0.1) is 11.8 Å². The zero-order valence-corrected chi connectivity index (χ0v) is 16.6. The standard InChI is InChI=1S/C24H20BrNO/c1-14-21-17-9-2-4-11-19(17)23(20-12-5-3-10-18(20)21)22(14)24(27)26-16-8-6-7-15(25)13-16/h2-14,21-23H,1H3,(H,26,27)/t14-,21?,22-,23?/m1/s1. The molecule has 2 atom stereocenters. The summed E-state index contributed by atoms with van der Waals surface area (Å²) in [6.07, 6.45) is 0. The first kappa shape index (κ1) is 16.8. The molecule has 0 fully saturated rings. The van der Waals surface area contributed by atoms with Crippen LogP contribution in [0.3, 0.4) is 0 Å². The van der Waals surface area contributed by atoms with Gasteiger partial charge in [-0.2, -0.15) is 0 Å². The second-order valence-corrected chi connectivity index (χ2v) is 8.51. The number of fused-ring (bicyclic) bond motifs is 1. The minimum atomic E-state index is -0.0706. The topological polar surface area (TPSA) is 29.1 Å². The molecule has 1 amide bonds. The van der Waals surface area contributed by atoms with Crippen molar-refractivity contribution in [3.63, 3.8) is 0 Å². The van der Waals surface area contributed by atoms with Gasteiger partial charge in [0, 0.05) is 22.0 Å². The summed E-state index contributed by atoms with van der Waals surface area (Å²) in [5.74, 6) is 0.690. The molecule has 3 heteroatoms. The molecule has 0 unspecified atom stereocenters. The highest BCUT2D eigenvalue weighted by molar-refractivity contribution is 9.10. The van der Waals surface area contributed by atoms with E-state index in [-0.39, 0.29) is 29.6 Å². The lowest BCUT2D eigenvalue weighted by Crippen LogP contribution is -2.44. The Hall–Kier alpha value is -2.39. The van der Waals surface area contributed by atoms with Crippen LogP contribution in [-0.2, 0) is 4.79 Å². The van der Waals surface area contributed by atoms with E-state index in [2.05, 4.69) is 76.7 Å². The number of rotatable bonds is 2. The van der Waals surface area contributed by atoms with E-state index in [0.717, 1.165) is 10.2 Å². The SMILES string of the molecule is C[C@@H]1C2c3ccccc3C(c3ccccc32)[C@@H]1C(=O)Nc1cccc(Br)c1. The summed E-state index contributed by atoms with van der Waals surface area (Å²) in [7, 11) is 0. The third-order valence-corrected chi connectivity index (χ3v) is 6.67. The largest absolute Gasteiger partial charge is 0.326 e. The van der Waals surface area contributed by atoms with Gasteiger partial charge in [-0.25, -0.2) is 0 Å². The van der Waals surface area contributed by atoms with Gasteiger partial charge in [-0.05, 0) is 46.4 Å². The zero-order chi connectivity index (χ0) is 18.5. The molecule has 6 rings (SSSR count). The zero-order valence-electron chi connectivity index (χ0n) is 15.0. The second-order valence-electron chi connectivity index (χ2n) is 7.60. The van der Waals surface area contributed by atoms with Gasteiger partial charge in [0.2, 0.25) is 5.91 Å². The molecule has 0 radical (unpaired) electrons. The molecule has 1 N–H and O–H groups in total. The maximum absolute atomic E-state index is 13.4. The lowest BCUT2D eigenvalue weighted by molar-refractivity contribution is -0.122. The number of carbonyl (C=O) groups is 1. The van der Waals surface area contributed by atoms with Crippen LogP contribution in [0.4, 0.5) is 5.69 Å². The van der Waals surface area contributed by atoms with Gasteiger partial charge in [0.1, 0.15) is 0 Å². The predicted molar refractivity (Wildman–Crippen MR) is 112 cm³/mol. The van der Waals surface area contributed by atoms with Crippen molar-refractivity contribution in [2.45, 2.75) is 18.8 Å². The Kier molecular flexibility index (Phi) is 3.94. The van der Waals surface area contributed by atoms with Crippen LogP contribution >= 0.6 is 15.9 Å². The van der Waals surface area contributed by atoms with E-state index in [1.165, 1.54) is 22.3 Å². The number of anilines is 1. The van der Waals surface area contributed by atoms with E-state index in [4.69, 9.17) is 0 Å². The Morgan fingerprint density at radius 3 is 1.93 bits per heavy atom. The third-order valence-electron chi connectivity index (χ3n) is 6.18. The molecular formula is C24H20BrNO. The summed E-state index contributed by atoms with van der Waals surface area (Å²) >= 11 is 3.48. The molecule has 0 saturated carbocycles. The summed E-state index contributed by atoms with van der Waals surface area (Å²) in [6, 6.07) is 25.1. The second kappa shape index (κ2) is 6.35. The van der Waals surface area contributed by atoms with Crippen molar-refractivity contribution in [1.29, 1.82) is 0 Å². The van der Waals surface area contributed by atoms with Crippen molar-refractivity contribution in [2.24, 2.45) is 11.8 Å². The minimum Gasteiger partial charge on any atom is -0.326 e. The van der Waals surface area contributed by atoms with Crippen LogP contribution in [0.2, 0.25) is 0 Å². The van der Waals surface area contributed by atoms with Gasteiger partial charge in [0.05, 0.1) is 5.92 Å².